The van der Waals surface area contributed by atoms with Crippen LogP contribution in [0.25, 0.3) is 0 Å². The van der Waals surface area contributed by atoms with Gasteiger partial charge in [-0.1, -0.05) is 0 Å². The Balaban J connectivity index is 3.46. The van der Waals surface area contributed by atoms with E-state index < -0.39 is 43.1 Å². The van der Waals surface area contributed by atoms with Crippen molar-refractivity contribution in [1.82, 2.24) is 0 Å². The van der Waals surface area contributed by atoms with E-state index in [1.54, 1.807) is 0 Å². The monoisotopic (exact) mass is 482 g/mol. The molecule has 0 aromatic rings. The van der Waals surface area contributed by atoms with Crippen molar-refractivity contribution >= 4 is 43.1 Å². The van der Waals surface area contributed by atoms with E-state index in [-0.39, 0.29) is 0 Å². The van der Waals surface area contributed by atoms with Gasteiger partial charge in [-0.05, 0) is 0 Å². The van der Waals surface area contributed by atoms with Gasteiger partial charge in [-0.15, -0.1) is 0 Å². The van der Waals surface area contributed by atoms with Crippen LogP contribution < -0.4 is 0 Å². The molecule has 1 nitrogen and oxygen atoms in total. The summed E-state index contributed by atoms with van der Waals surface area (Å²) < 4.78 is 8.97. The van der Waals surface area contributed by atoms with Crippen molar-refractivity contribution in [2.24, 2.45) is 10.8 Å². The van der Waals surface area contributed by atoms with Gasteiger partial charge in [-0.3, -0.25) is 0 Å². The molecule has 0 aromatic carbocycles. The second-order valence-corrected chi connectivity index (χ2v) is 16.2. The van der Waals surface area contributed by atoms with E-state index in [0.29, 0.717) is 10.8 Å². The Morgan fingerprint density at radius 2 is 1.05 bits per heavy atom. The van der Waals surface area contributed by atoms with Gasteiger partial charge in [0, 0.05) is 0 Å². The zero-order valence-corrected chi connectivity index (χ0v) is 19.8. The second kappa shape index (κ2) is 11.2. The first kappa shape index (κ1) is 20.6. The van der Waals surface area contributed by atoms with Crippen molar-refractivity contribution in [3.05, 3.63) is 0 Å². The van der Waals surface area contributed by atoms with E-state index in [1.807, 2.05) is 0 Å². The quantitative estimate of drug-likeness (QED) is 0.265. The van der Waals surface area contributed by atoms with Gasteiger partial charge >= 0.3 is 144 Å². The predicted octanol–water partition coefficient (Wildman–Crippen LogP) is 5.51. The molecule has 0 N–H and O–H groups in total. The molecule has 0 unspecified atom stereocenters. The normalized spacial score (nSPS) is 12.9. The molecule has 0 atom stereocenters. The van der Waals surface area contributed by atoms with E-state index in [1.165, 1.54) is 47.4 Å². The molecule has 0 aliphatic carbocycles. The Kier molecular flexibility index (Phi) is 12.1. The van der Waals surface area contributed by atoms with Crippen LogP contribution in [0.2, 0.25) is 8.87 Å². The summed E-state index contributed by atoms with van der Waals surface area (Å²) in [4.78, 5) is 0. The summed E-state index contributed by atoms with van der Waals surface area (Å²) in [6, 6.07) is 0. The van der Waals surface area contributed by atoms with Crippen molar-refractivity contribution in [3.63, 3.8) is 0 Å². The fourth-order valence-electron chi connectivity index (χ4n) is 2.54. The van der Waals surface area contributed by atoms with Crippen LogP contribution in [-0.2, 0) is 1.41 Å². The van der Waals surface area contributed by atoms with Crippen molar-refractivity contribution in [3.8, 4) is 0 Å². The SMILES string of the molecule is CCCC(C)(C)C[CH2][Sn][O][Sn][CH2]CC(C)(C)CCC. The van der Waals surface area contributed by atoms with Crippen LogP contribution in [-0.4, -0.2) is 43.1 Å². The van der Waals surface area contributed by atoms with Crippen molar-refractivity contribution < 1.29 is 1.41 Å². The zero-order valence-electron chi connectivity index (χ0n) is 14.1. The molecule has 19 heavy (non-hydrogen) atoms. The molecular formula is C16H34OSn2. The van der Waals surface area contributed by atoms with E-state index in [2.05, 4.69) is 41.5 Å². The van der Waals surface area contributed by atoms with Gasteiger partial charge in [0.2, 0.25) is 0 Å². The maximum atomic E-state index is 6.12. The van der Waals surface area contributed by atoms with E-state index >= 15 is 0 Å². The van der Waals surface area contributed by atoms with Crippen LogP contribution in [0, 0.1) is 10.8 Å². The topological polar surface area (TPSA) is 9.23 Å². The van der Waals surface area contributed by atoms with Crippen LogP contribution in [0.15, 0.2) is 0 Å². The first-order valence-corrected chi connectivity index (χ1v) is 14.3. The molecule has 3 heteroatoms. The first-order chi connectivity index (χ1) is 8.83. The number of hydrogen-bond donors (Lipinski definition) is 0. The zero-order chi connectivity index (χ0) is 14.8. The molecule has 0 aliphatic heterocycles. The molecule has 0 fully saturated rings. The van der Waals surface area contributed by atoms with Crippen molar-refractivity contribution in [2.75, 3.05) is 0 Å². The average Bonchev–Trinajstić information content (AvgIpc) is 2.27. The molecule has 0 saturated carbocycles. The fourth-order valence-corrected chi connectivity index (χ4v) is 13.7. The first-order valence-electron chi connectivity index (χ1n) is 7.94. The Hall–Kier alpha value is 1.56. The average molecular weight is 480 g/mol. The Morgan fingerprint density at radius 3 is 1.37 bits per heavy atom. The molecule has 0 heterocycles. The summed E-state index contributed by atoms with van der Waals surface area (Å²) in [5.41, 5.74) is 1.13. The summed E-state index contributed by atoms with van der Waals surface area (Å²) >= 11 is -0.912. The van der Waals surface area contributed by atoms with Crippen LogP contribution in [0.1, 0.15) is 80.1 Å². The molecule has 0 amide bonds. The third kappa shape index (κ3) is 13.0. The molecule has 0 aliphatic rings. The van der Waals surface area contributed by atoms with Crippen molar-refractivity contribution in [1.29, 1.82) is 0 Å². The summed E-state index contributed by atoms with van der Waals surface area (Å²) in [5, 5.41) is 0. The Bertz CT molecular complexity index is 193. The fraction of sp³-hybridized carbons (Fsp3) is 1.00. The molecule has 0 rings (SSSR count). The minimum absolute atomic E-state index is 0.456. The van der Waals surface area contributed by atoms with Crippen molar-refractivity contribution in [2.45, 2.75) is 88.9 Å². The van der Waals surface area contributed by atoms with Gasteiger partial charge in [0.25, 0.3) is 0 Å². The van der Waals surface area contributed by atoms with E-state index in [9.17, 15) is 0 Å². The van der Waals surface area contributed by atoms with E-state index in [4.69, 9.17) is 1.41 Å². The molecule has 0 saturated heterocycles. The number of hydrogen-bond acceptors (Lipinski definition) is 1. The van der Waals surface area contributed by atoms with Gasteiger partial charge in [-0.2, -0.15) is 0 Å². The third-order valence-corrected chi connectivity index (χ3v) is 12.7. The summed E-state index contributed by atoms with van der Waals surface area (Å²) in [7, 11) is 0. The summed E-state index contributed by atoms with van der Waals surface area (Å²) in [5.74, 6) is 0. The van der Waals surface area contributed by atoms with Gasteiger partial charge in [0.15, 0.2) is 0 Å². The van der Waals surface area contributed by atoms with Gasteiger partial charge < -0.3 is 0 Å². The maximum absolute atomic E-state index is 6.12. The van der Waals surface area contributed by atoms with E-state index in [0.717, 1.165) is 0 Å². The summed E-state index contributed by atoms with van der Waals surface area (Å²) in [6.45, 7) is 14.3. The Labute approximate surface area is 143 Å². The van der Waals surface area contributed by atoms with Gasteiger partial charge in [0.1, 0.15) is 0 Å². The second-order valence-electron chi connectivity index (χ2n) is 7.22. The number of rotatable bonds is 12. The summed E-state index contributed by atoms with van der Waals surface area (Å²) in [6.07, 6.45) is 8.18. The Morgan fingerprint density at radius 1 is 0.684 bits per heavy atom. The molecule has 0 aromatic heterocycles. The van der Waals surface area contributed by atoms with Gasteiger partial charge in [0.05, 0.1) is 0 Å². The molecule has 112 valence electrons. The molecule has 4 radical (unpaired) electrons. The molecule has 0 bridgehead atoms. The molecule has 0 spiro atoms. The third-order valence-electron chi connectivity index (χ3n) is 3.81. The van der Waals surface area contributed by atoms with Crippen LogP contribution in [0.5, 0.6) is 0 Å². The van der Waals surface area contributed by atoms with Crippen LogP contribution in [0.4, 0.5) is 0 Å². The van der Waals surface area contributed by atoms with Gasteiger partial charge in [-0.25, -0.2) is 0 Å². The predicted molar refractivity (Wildman–Crippen MR) is 88.8 cm³/mol. The minimum atomic E-state index is -0.456. The molecular weight excluding hydrogens is 446 g/mol. The standard InChI is InChI=1S/2C8H17.O.2Sn/c2*1-5-7-8(3,4)6-2;;;/h2*2,5-7H2,1,3-4H3;;;. The van der Waals surface area contributed by atoms with Crippen LogP contribution >= 0.6 is 0 Å². The van der Waals surface area contributed by atoms with Crippen LogP contribution in [0.3, 0.4) is 0 Å².